The average Bonchev–Trinajstić information content (AvgIpc) is 3.54. The van der Waals surface area contributed by atoms with Crippen LogP contribution in [0, 0.1) is 0 Å². The monoisotopic (exact) mass is 412 g/mol. The lowest BCUT2D eigenvalue weighted by Gasteiger charge is -2.12. The van der Waals surface area contributed by atoms with E-state index in [0.717, 1.165) is 29.4 Å². The maximum absolute atomic E-state index is 12.8. The molecule has 1 saturated carbocycles. The third-order valence-electron chi connectivity index (χ3n) is 5.14. The zero-order chi connectivity index (χ0) is 21.2. The van der Waals surface area contributed by atoms with Crippen LogP contribution >= 0.6 is 0 Å². The molecule has 2 heterocycles. The summed E-state index contributed by atoms with van der Waals surface area (Å²) in [7, 11) is 0. The van der Waals surface area contributed by atoms with Crippen molar-refractivity contribution in [3.8, 4) is 0 Å². The van der Waals surface area contributed by atoms with Gasteiger partial charge in [-0.15, -0.1) is 5.10 Å². The molecular formula is C23H20N6O2. The Morgan fingerprint density at radius 3 is 2.48 bits per heavy atom. The number of carbonyl (C=O) groups is 2. The minimum atomic E-state index is -0.349. The molecule has 0 unspecified atom stereocenters. The predicted molar refractivity (Wildman–Crippen MR) is 117 cm³/mol. The summed E-state index contributed by atoms with van der Waals surface area (Å²) >= 11 is 0. The number of carbonyl (C=O) groups excluding carboxylic acids is 2. The summed E-state index contributed by atoms with van der Waals surface area (Å²) in [4.78, 5) is 29.7. The largest absolute Gasteiger partial charge is 0.323 e. The van der Waals surface area contributed by atoms with Gasteiger partial charge in [-0.3, -0.25) is 9.59 Å². The Labute approximate surface area is 178 Å². The Kier molecular flexibility index (Phi) is 4.87. The van der Waals surface area contributed by atoms with Crippen LogP contribution in [-0.4, -0.2) is 31.8 Å². The molecule has 0 radical (unpaired) electrons. The van der Waals surface area contributed by atoms with Gasteiger partial charge in [-0.05, 0) is 37.1 Å². The fraction of sp³-hybridized carbons (Fsp3) is 0.174. The second kappa shape index (κ2) is 7.98. The Morgan fingerprint density at radius 2 is 1.68 bits per heavy atom. The summed E-state index contributed by atoms with van der Waals surface area (Å²) in [5.74, 6) is -0.118. The number of para-hydroxylation sites is 3. The van der Waals surface area contributed by atoms with Crippen molar-refractivity contribution >= 4 is 34.1 Å². The van der Waals surface area contributed by atoms with Crippen LogP contribution in [0.4, 0.5) is 11.4 Å². The van der Waals surface area contributed by atoms with Crippen LogP contribution in [0.1, 0.15) is 34.9 Å². The molecule has 2 amide bonds. The summed E-state index contributed by atoms with van der Waals surface area (Å²) in [5, 5.41) is 14.8. The number of hydrogen-bond donors (Lipinski definition) is 2. The lowest BCUT2D eigenvalue weighted by Crippen LogP contribution is -2.21. The summed E-state index contributed by atoms with van der Waals surface area (Å²) in [6, 6.07) is 18.2. The van der Waals surface area contributed by atoms with Crippen molar-refractivity contribution in [3.63, 3.8) is 0 Å². The molecule has 0 bridgehead atoms. The van der Waals surface area contributed by atoms with Gasteiger partial charge in [0.1, 0.15) is 12.2 Å². The highest BCUT2D eigenvalue weighted by Gasteiger charge is 2.26. The molecule has 0 aliphatic heterocycles. The first-order valence-electron chi connectivity index (χ1n) is 10.1. The minimum Gasteiger partial charge on any atom is -0.323 e. The van der Waals surface area contributed by atoms with E-state index in [0.29, 0.717) is 23.0 Å². The number of hydrogen-bond acceptors (Lipinski definition) is 5. The van der Waals surface area contributed by atoms with Gasteiger partial charge < -0.3 is 10.6 Å². The van der Waals surface area contributed by atoms with E-state index in [1.54, 1.807) is 30.3 Å². The van der Waals surface area contributed by atoms with Crippen molar-refractivity contribution in [2.75, 3.05) is 10.6 Å². The van der Waals surface area contributed by atoms with Crippen molar-refractivity contribution in [1.29, 1.82) is 0 Å². The Balaban J connectivity index is 1.28. The first kappa shape index (κ1) is 18.9. The van der Waals surface area contributed by atoms with Gasteiger partial charge in [-0.1, -0.05) is 41.6 Å². The van der Waals surface area contributed by atoms with E-state index in [2.05, 4.69) is 25.9 Å². The SMILES string of the molecule is O=C(Cn1cc(C2CC2)nn1)Nc1ccccc1NC(=O)c1ccc2ccccc2n1. The highest BCUT2D eigenvalue weighted by Crippen LogP contribution is 2.38. The third kappa shape index (κ3) is 4.28. The van der Waals surface area contributed by atoms with E-state index >= 15 is 0 Å². The molecule has 4 aromatic rings. The van der Waals surface area contributed by atoms with Crippen molar-refractivity contribution in [3.05, 3.63) is 78.2 Å². The van der Waals surface area contributed by atoms with E-state index in [1.807, 2.05) is 36.5 Å². The second-order valence-corrected chi connectivity index (χ2v) is 7.55. The molecule has 1 fully saturated rings. The molecular weight excluding hydrogens is 392 g/mol. The van der Waals surface area contributed by atoms with Gasteiger partial charge in [-0.25, -0.2) is 9.67 Å². The first-order chi connectivity index (χ1) is 15.2. The number of fused-ring (bicyclic) bond motifs is 1. The summed E-state index contributed by atoms with van der Waals surface area (Å²) < 4.78 is 1.53. The molecule has 1 aliphatic carbocycles. The maximum Gasteiger partial charge on any atom is 0.274 e. The van der Waals surface area contributed by atoms with E-state index in [1.165, 1.54) is 4.68 Å². The lowest BCUT2D eigenvalue weighted by atomic mass is 10.2. The third-order valence-corrected chi connectivity index (χ3v) is 5.14. The van der Waals surface area contributed by atoms with Crippen LogP contribution in [0.5, 0.6) is 0 Å². The molecule has 0 saturated heterocycles. The van der Waals surface area contributed by atoms with Crippen LogP contribution in [-0.2, 0) is 11.3 Å². The smallest absolute Gasteiger partial charge is 0.274 e. The quantitative estimate of drug-likeness (QED) is 0.504. The predicted octanol–water partition coefficient (Wildman–Crippen LogP) is 3.59. The van der Waals surface area contributed by atoms with Crippen LogP contribution < -0.4 is 10.6 Å². The second-order valence-electron chi connectivity index (χ2n) is 7.55. The standard InChI is InChI=1S/C23H20N6O2/c30-22(14-29-13-21(27-28-29)16-9-10-16)25-18-7-3-4-8-19(18)26-23(31)20-12-11-15-5-1-2-6-17(15)24-20/h1-8,11-13,16H,9-10,14H2,(H,25,30)(H,26,31). The van der Waals surface area contributed by atoms with Gasteiger partial charge >= 0.3 is 0 Å². The van der Waals surface area contributed by atoms with E-state index < -0.39 is 0 Å². The minimum absolute atomic E-state index is 0.0498. The topological polar surface area (TPSA) is 102 Å². The number of rotatable bonds is 6. The number of benzene rings is 2. The fourth-order valence-electron chi connectivity index (χ4n) is 3.37. The number of anilines is 2. The van der Waals surface area contributed by atoms with Crippen LogP contribution in [0.2, 0.25) is 0 Å². The normalized spacial score (nSPS) is 13.2. The van der Waals surface area contributed by atoms with E-state index in [9.17, 15) is 9.59 Å². The maximum atomic E-state index is 12.8. The van der Waals surface area contributed by atoms with Crippen LogP contribution in [0.25, 0.3) is 10.9 Å². The molecule has 0 spiro atoms. The Bertz CT molecular complexity index is 1280. The fourth-order valence-corrected chi connectivity index (χ4v) is 3.37. The van der Waals surface area contributed by atoms with Gasteiger partial charge in [0.2, 0.25) is 5.91 Å². The molecule has 2 N–H and O–H groups in total. The van der Waals surface area contributed by atoms with Crippen molar-refractivity contribution < 1.29 is 9.59 Å². The first-order valence-corrected chi connectivity index (χ1v) is 10.1. The summed E-state index contributed by atoms with van der Waals surface area (Å²) in [6.07, 6.45) is 4.07. The van der Waals surface area contributed by atoms with E-state index in [-0.39, 0.29) is 18.4 Å². The van der Waals surface area contributed by atoms with Crippen molar-refractivity contribution in [2.45, 2.75) is 25.3 Å². The van der Waals surface area contributed by atoms with Gasteiger partial charge in [-0.2, -0.15) is 0 Å². The summed E-state index contributed by atoms with van der Waals surface area (Å²) in [6.45, 7) is 0.0498. The number of nitrogens with zero attached hydrogens (tertiary/aromatic N) is 4. The van der Waals surface area contributed by atoms with Gasteiger partial charge in [0.15, 0.2) is 0 Å². The molecule has 2 aromatic carbocycles. The zero-order valence-corrected chi connectivity index (χ0v) is 16.7. The van der Waals surface area contributed by atoms with E-state index in [4.69, 9.17) is 0 Å². The molecule has 0 atom stereocenters. The number of amides is 2. The molecule has 8 heteroatoms. The van der Waals surface area contributed by atoms with Crippen molar-refractivity contribution in [2.24, 2.45) is 0 Å². The number of nitrogens with one attached hydrogen (secondary N) is 2. The van der Waals surface area contributed by atoms with Crippen LogP contribution in [0.3, 0.4) is 0 Å². The Hall–Kier alpha value is -4.07. The molecule has 1 aliphatic rings. The molecule has 8 nitrogen and oxygen atoms in total. The molecule has 5 rings (SSSR count). The van der Waals surface area contributed by atoms with Crippen molar-refractivity contribution in [1.82, 2.24) is 20.0 Å². The number of pyridine rings is 1. The Morgan fingerprint density at radius 1 is 0.935 bits per heavy atom. The zero-order valence-electron chi connectivity index (χ0n) is 16.7. The van der Waals surface area contributed by atoms with Gasteiger partial charge in [0.05, 0.1) is 22.6 Å². The molecule has 154 valence electrons. The molecule has 31 heavy (non-hydrogen) atoms. The highest BCUT2D eigenvalue weighted by atomic mass is 16.2. The highest BCUT2D eigenvalue weighted by molar-refractivity contribution is 6.07. The summed E-state index contributed by atoms with van der Waals surface area (Å²) in [5.41, 5.74) is 2.98. The molecule has 2 aromatic heterocycles. The average molecular weight is 412 g/mol. The van der Waals surface area contributed by atoms with Gasteiger partial charge in [0.25, 0.3) is 5.91 Å². The van der Waals surface area contributed by atoms with Crippen LogP contribution in [0.15, 0.2) is 66.9 Å². The number of aromatic nitrogens is 4. The van der Waals surface area contributed by atoms with Gasteiger partial charge in [0, 0.05) is 17.5 Å². The lowest BCUT2D eigenvalue weighted by molar-refractivity contribution is -0.116.